The van der Waals surface area contributed by atoms with Crippen LogP contribution in [0.25, 0.3) is 0 Å². The Labute approximate surface area is 168 Å². The fraction of sp³-hybridized carbons (Fsp3) is 0.478. The van der Waals surface area contributed by atoms with Gasteiger partial charge in [0.05, 0.1) is 5.48 Å². The second kappa shape index (κ2) is 6.67. The van der Waals surface area contributed by atoms with Crippen LogP contribution in [0.2, 0.25) is 5.02 Å². The number of benzene rings is 2. The van der Waals surface area contributed by atoms with E-state index in [0.717, 1.165) is 31.6 Å². The molecule has 0 amide bonds. The summed E-state index contributed by atoms with van der Waals surface area (Å²) in [6.07, 6.45) is 0.767. The SMILES string of the molecule is [2H]c1c([2H])c(C)c([2H])c([C@@H]2C[C@@H](N3CCN(C)C(C)(C)C3)c3cc(Cl)ccc32)c1[2H]. The average Bonchev–Trinajstić information content (AvgIpc) is 3.05. The Morgan fingerprint density at radius 3 is 2.77 bits per heavy atom. The van der Waals surface area contributed by atoms with E-state index in [0.29, 0.717) is 16.1 Å². The van der Waals surface area contributed by atoms with Crippen LogP contribution in [0.3, 0.4) is 0 Å². The predicted molar refractivity (Wildman–Crippen MR) is 110 cm³/mol. The molecular weight excluding hydrogens is 340 g/mol. The van der Waals surface area contributed by atoms with E-state index in [1.54, 1.807) is 6.92 Å². The number of fused-ring (bicyclic) bond motifs is 1. The molecule has 2 aromatic rings. The van der Waals surface area contributed by atoms with Gasteiger partial charge in [0.1, 0.15) is 0 Å². The lowest BCUT2D eigenvalue weighted by molar-refractivity contribution is 0.0158. The highest BCUT2D eigenvalue weighted by molar-refractivity contribution is 6.30. The van der Waals surface area contributed by atoms with Gasteiger partial charge in [0, 0.05) is 42.2 Å². The van der Waals surface area contributed by atoms with Crippen molar-refractivity contribution in [3.8, 4) is 0 Å². The minimum atomic E-state index is -0.131. The van der Waals surface area contributed by atoms with Gasteiger partial charge in [-0.2, -0.15) is 0 Å². The molecule has 0 saturated carbocycles. The maximum absolute atomic E-state index is 8.65. The first-order valence-electron chi connectivity index (χ1n) is 11.3. The first-order chi connectivity index (χ1) is 14.0. The van der Waals surface area contributed by atoms with E-state index in [1.807, 2.05) is 18.2 Å². The predicted octanol–water partition coefficient (Wildman–Crippen LogP) is 5.25. The van der Waals surface area contributed by atoms with Crippen molar-refractivity contribution in [2.45, 2.75) is 44.7 Å². The van der Waals surface area contributed by atoms with Crippen LogP contribution in [-0.4, -0.2) is 42.0 Å². The first kappa shape index (κ1) is 13.8. The minimum Gasteiger partial charge on any atom is -0.299 e. The zero-order valence-corrected chi connectivity index (χ0v) is 16.7. The molecule has 3 heteroatoms. The molecule has 0 aromatic heterocycles. The first-order valence-corrected chi connectivity index (χ1v) is 9.72. The molecule has 26 heavy (non-hydrogen) atoms. The van der Waals surface area contributed by atoms with Gasteiger partial charge in [0.15, 0.2) is 0 Å². The van der Waals surface area contributed by atoms with Crippen molar-refractivity contribution in [1.82, 2.24) is 9.80 Å². The number of halogens is 1. The second-order valence-corrected chi connectivity index (χ2v) is 8.76. The summed E-state index contributed by atoms with van der Waals surface area (Å²) in [6, 6.07) is 6.25. The highest BCUT2D eigenvalue weighted by Crippen LogP contribution is 2.48. The molecule has 1 aliphatic carbocycles. The van der Waals surface area contributed by atoms with E-state index in [9.17, 15) is 0 Å². The molecule has 1 fully saturated rings. The fourth-order valence-electron chi connectivity index (χ4n) is 4.42. The van der Waals surface area contributed by atoms with Gasteiger partial charge >= 0.3 is 0 Å². The zero-order valence-electron chi connectivity index (χ0n) is 20.0. The molecule has 0 N–H and O–H groups in total. The van der Waals surface area contributed by atoms with Crippen LogP contribution >= 0.6 is 11.6 Å². The van der Waals surface area contributed by atoms with Gasteiger partial charge in [0.25, 0.3) is 0 Å². The van der Waals surface area contributed by atoms with Crippen LogP contribution in [0.15, 0.2) is 42.4 Å². The van der Waals surface area contributed by atoms with E-state index in [4.69, 9.17) is 17.1 Å². The van der Waals surface area contributed by atoms with Gasteiger partial charge in [-0.05, 0) is 63.1 Å². The highest BCUT2D eigenvalue weighted by Gasteiger charge is 2.40. The molecule has 2 nitrogen and oxygen atoms in total. The van der Waals surface area contributed by atoms with E-state index < -0.39 is 0 Å². The van der Waals surface area contributed by atoms with Crippen molar-refractivity contribution < 1.29 is 5.48 Å². The second-order valence-electron chi connectivity index (χ2n) is 8.32. The Balaban J connectivity index is 1.81. The Kier molecular flexibility index (Phi) is 3.53. The topological polar surface area (TPSA) is 6.48 Å². The number of nitrogens with zero attached hydrogens (tertiary/aromatic N) is 2. The summed E-state index contributed by atoms with van der Waals surface area (Å²) in [6.45, 7) is 9.11. The molecule has 4 rings (SSSR count). The van der Waals surface area contributed by atoms with Gasteiger partial charge in [-0.3, -0.25) is 9.80 Å². The van der Waals surface area contributed by atoms with Crippen molar-refractivity contribution >= 4 is 11.6 Å². The number of piperazine rings is 1. The Hall–Kier alpha value is -1.35. The zero-order chi connectivity index (χ0) is 22.0. The normalized spacial score (nSPS) is 28.2. The monoisotopic (exact) mass is 372 g/mol. The van der Waals surface area contributed by atoms with E-state index in [2.05, 4.69) is 30.7 Å². The summed E-state index contributed by atoms with van der Waals surface area (Å²) < 4.78 is 33.5. The minimum absolute atomic E-state index is 0.0135. The summed E-state index contributed by atoms with van der Waals surface area (Å²) in [5.41, 5.74) is 3.39. The fourth-order valence-corrected chi connectivity index (χ4v) is 4.60. The smallest absolute Gasteiger partial charge is 0.0629 e. The Morgan fingerprint density at radius 1 is 1.19 bits per heavy atom. The van der Waals surface area contributed by atoms with E-state index >= 15 is 0 Å². The van der Waals surface area contributed by atoms with Gasteiger partial charge in [-0.15, -0.1) is 0 Å². The van der Waals surface area contributed by atoms with E-state index in [1.165, 1.54) is 5.56 Å². The van der Waals surface area contributed by atoms with Crippen molar-refractivity contribution in [2.75, 3.05) is 26.7 Å². The Morgan fingerprint density at radius 2 is 2.00 bits per heavy atom. The van der Waals surface area contributed by atoms with Crippen LogP contribution in [0.1, 0.15) is 60.0 Å². The number of rotatable bonds is 2. The van der Waals surface area contributed by atoms with Gasteiger partial charge in [-0.1, -0.05) is 47.4 Å². The lowest BCUT2D eigenvalue weighted by Crippen LogP contribution is -2.58. The lowest BCUT2D eigenvalue weighted by Gasteiger charge is -2.47. The average molecular weight is 373 g/mol. The van der Waals surface area contributed by atoms with Crippen molar-refractivity contribution in [1.29, 1.82) is 0 Å². The summed E-state index contributed by atoms with van der Waals surface area (Å²) in [5, 5.41) is 0.698. The molecule has 2 aliphatic rings. The maximum Gasteiger partial charge on any atom is 0.0629 e. The van der Waals surface area contributed by atoms with Crippen molar-refractivity contribution in [3.63, 3.8) is 0 Å². The van der Waals surface area contributed by atoms with Crippen molar-refractivity contribution in [2.24, 2.45) is 0 Å². The molecule has 1 saturated heterocycles. The number of hydrogen-bond donors (Lipinski definition) is 0. The molecule has 0 radical (unpaired) electrons. The van der Waals surface area contributed by atoms with Gasteiger partial charge in [-0.25, -0.2) is 0 Å². The van der Waals surface area contributed by atoms with Crippen LogP contribution in [0.5, 0.6) is 0 Å². The molecule has 0 unspecified atom stereocenters. The largest absolute Gasteiger partial charge is 0.299 e. The number of hydrogen-bond acceptors (Lipinski definition) is 2. The summed E-state index contributed by atoms with van der Waals surface area (Å²) in [4.78, 5) is 4.90. The standard InChI is InChI=1S/C23H29ClN2/c1-16-6-5-7-17(12-16)20-14-22(21-13-18(24)8-9-19(20)21)26-11-10-25(4)23(2,3)15-26/h5-9,12-13,20,22H,10-11,14-15H2,1-4H3/t20-,22+/m0/s1/i5D,6D,7D,12D. The van der Waals surface area contributed by atoms with Crippen LogP contribution < -0.4 is 0 Å². The molecule has 2 atom stereocenters. The summed E-state index contributed by atoms with van der Waals surface area (Å²) in [7, 11) is 2.17. The molecular formula is C23H29ClN2. The molecule has 138 valence electrons. The quantitative estimate of drug-likeness (QED) is 0.710. The molecule has 0 spiro atoms. The lowest BCUT2D eigenvalue weighted by atomic mass is 9.92. The highest BCUT2D eigenvalue weighted by atomic mass is 35.5. The van der Waals surface area contributed by atoms with Crippen molar-refractivity contribution in [3.05, 3.63) is 69.6 Å². The van der Waals surface area contributed by atoms with E-state index in [-0.39, 0.29) is 41.7 Å². The van der Waals surface area contributed by atoms with Crippen LogP contribution in [-0.2, 0) is 0 Å². The third kappa shape index (κ3) is 3.19. The van der Waals surface area contributed by atoms with Crippen LogP contribution in [0, 0.1) is 6.92 Å². The third-order valence-electron chi connectivity index (χ3n) is 6.15. The molecule has 2 aromatic carbocycles. The molecule has 1 heterocycles. The van der Waals surface area contributed by atoms with Crippen LogP contribution in [0.4, 0.5) is 0 Å². The summed E-state index contributed by atoms with van der Waals surface area (Å²) in [5.74, 6) is -0.131. The third-order valence-corrected chi connectivity index (χ3v) is 6.38. The maximum atomic E-state index is 8.65. The molecule has 0 bridgehead atoms. The summed E-state index contributed by atoms with van der Waals surface area (Å²) >= 11 is 6.38. The number of likely N-dealkylation sites (N-methyl/N-ethyl adjacent to an activating group) is 1. The molecule has 1 aliphatic heterocycles. The Bertz CT molecular complexity index is 978. The van der Waals surface area contributed by atoms with Gasteiger partial charge in [0.2, 0.25) is 0 Å². The van der Waals surface area contributed by atoms with Gasteiger partial charge < -0.3 is 0 Å².